The molecule has 6 nitrogen and oxygen atoms in total. The lowest BCUT2D eigenvalue weighted by molar-refractivity contribution is 0.0932. The third-order valence-electron chi connectivity index (χ3n) is 4.27. The summed E-state index contributed by atoms with van der Waals surface area (Å²) in [6.45, 7) is 5.75. The molecule has 1 aliphatic carbocycles. The van der Waals surface area contributed by atoms with Crippen LogP contribution in [0.15, 0.2) is 30.3 Å². The summed E-state index contributed by atoms with van der Waals surface area (Å²) in [5, 5.41) is 6.32. The van der Waals surface area contributed by atoms with Crippen molar-refractivity contribution in [3.63, 3.8) is 0 Å². The summed E-state index contributed by atoms with van der Waals surface area (Å²) >= 11 is 0. The molecule has 2 N–H and O–H groups in total. The topological polar surface area (TPSA) is 76.1 Å². The zero-order chi connectivity index (χ0) is 18.5. The van der Waals surface area contributed by atoms with Crippen molar-refractivity contribution >= 4 is 17.4 Å². The van der Waals surface area contributed by atoms with Crippen LogP contribution in [0.5, 0.6) is 5.75 Å². The molecule has 2 aromatic rings. The van der Waals surface area contributed by atoms with Gasteiger partial charge in [-0.3, -0.25) is 4.79 Å². The van der Waals surface area contributed by atoms with E-state index < -0.39 is 0 Å². The van der Waals surface area contributed by atoms with E-state index in [-0.39, 0.29) is 18.1 Å². The largest absolute Gasteiger partial charge is 0.489 e. The normalized spacial score (nSPS) is 14.5. The number of nitrogens with zero attached hydrogens (tertiary/aromatic N) is 2. The first-order valence-corrected chi connectivity index (χ1v) is 9.20. The first-order chi connectivity index (χ1) is 12.5. The van der Waals surface area contributed by atoms with Crippen LogP contribution in [-0.4, -0.2) is 28.0 Å². The number of benzene rings is 1. The van der Waals surface area contributed by atoms with Crippen molar-refractivity contribution in [2.45, 2.75) is 58.6 Å². The van der Waals surface area contributed by atoms with Gasteiger partial charge in [0.1, 0.15) is 23.1 Å². The first-order valence-electron chi connectivity index (χ1n) is 9.20. The van der Waals surface area contributed by atoms with E-state index in [4.69, 9.17) is 4.74 Å². The molecule has 3 rings (SSSR count). The fourth-order valence-corrected chi connectivity index (χ4v) is 3.14. The molecule has 6 heteroatoms. The molecule has 138 valence electrons. The lowest BCUT2D eigenvalue weighted by atomic mass is 10.2. The van der Waals surface area contributed by atoms with Crippen molar-refractivity contribution in [3.8, 4) is 5.75 Å². The number of hydrogen-bond donors (Lipinski definition) is 2. The Kier molecular flexibility index (Phi) is 5.71. The molecule has 0 atom stereocenters. The second kappa shape index (κ2) is 8.17. The lowest BCUT2D eigenvalue weighted by Crippen LogP contribution is -2.33. The van der Waals surface area contributed by atoms with Crippen LogP contribution < -0.4 is 15.4 Å². The number of aryl methyl sites for hydroxylation is 1. The monoisotopic (exact) mass is 354 g/mol. The zero-order valence-corrected chi connectivity index (χ0v) is 15.6. The molecular formula is C20H26N4O2. The van der Waals surface area contributed by atoms with Crippen LogP contribution in [0.2, 0.25) is 0 Å². The first kappa shape index (κ1) is 18.2. The molecule has 0 saturated heterocycles. The highest BCUT2D eigenvalue weighted by atomic mass is 16.5. The lowest BCUT2D eigenvalue weighted by Gasteiger charge is -2.16. The smallest absolute Gasteiger partial charge is 0.270 e. The van der Waals surface area contributed by atoms with Crippen molar-refractivity contribution in [2.24, 2.45) is 0 Å². The SMILES string of the molecule is Cc1nc(Nc2ccccc2OC(C)C)cc(C(=O)NC2CCCC2)n1. The summed E-state index contributed by atoms with van der Waals surface area (Å²) in [5.41, 5.74) is 1.19. The minimum atomic E-state index is -0.142. The average molecular weight is 354 g/mol. The molecule has 0 unspecified atom stereocenters. The summed E-state index contributed by atoms with van der Waals surface area (Å²) in [6, 6.07) is 9.63. The predicted molar refractivity (Wildman–Crippen MR) is 102 cm³/mol. The Labute approximate surface area is 154 Å². The van der Waals surface area contributed by atoms with Crippen LogP contribution in [0.1, 0.15) is 55.8 Å². The number of hydrogen-bond acceptors (Lipinski definition) is 5. The van der Waals surface area contributed by atoms with Crippen molar-refractivity contribution in [3.05, 3.63) is 41.9 Å². The second-order valence-electron chi connectivity index (χ2n) is 6.93. The van der Waals surface area contributed by atoms with Gasteiger partial charge in [-0.25, -0.2) is 9.97 Å². The Morgan fingerprint density at radius 1 is 1.19 bits per heavy atom. The maximum absolute atomic E-state index is 12.5. The van der Waals surface area contributed by atoms with Crippen LogP contribution >= 0.6 is 0 Å². The number of carbonyl (C=O) groups excluding carboxylic acids is 1. The van der Waals surface area contributed by atoms with Crippen LogP contribution in [-0.2, 0) is 0 Å². The summed E-state index contributed by atoms with van der Waals surface area (Å²) in [4.78, 5) is 21.2. The van der Waals surface area contributed by atoms with E-state index in [1.807, 2.05) is 38.1 Å². The van der Waals surface area contributed by atoms with E-state index in [0.717, 1.165) is 24.3 Å². The number of rotatable bonds is 6. The van der Waals surface area contributed by atoms with E-state index in [1.165, 1.54) is 12.8 Å². The van der Waals surface area contributed by atoms with Gasteiger partial charge in [0.2, 0.25) is 0 Å². The molecule has 26 heavy (non-hydrogen) atoms. The molecule has 1 aromatic heterocycles. The average Bonchev–Trinajstić information content (AvgIpc) is 3.08. The quantitative estimate of drug-likeness (QED) is 0.820. The minimum Gasteiger partial charge on any atom is -0.489 e. The molecule has 0 radical (unpaired) electrons. The molecule has 0 bridgehead atoms. The summed E-state index contributed by atoms with van der Waals surface area (Å²) in [6.07, 6.45) is 4.50. The molecule has 1 aliphatic rings. The number of aromatic nitrogens is 2. The standard InChI is InChI=1S/C20H26N4O2/c1-13(2)26-18-11-7-6-10-16(18)24-19-12-17(21-14(3)22-19)20(25)23-15-8-4-5-9-15/h6-7,10-13,15H,4-5,8-9H2,1-3H3,(H,23,25)(H,21,22,24). The van der Waals surface area contributed by atoms with Crippen LogP contribution in [0.25, 0.3) is 0 Å². The molecule has 1 saturated carbocycles. The van der Waals surface area contributed by atoms with Gasteiger partial charge in [-0.1, -0.05) is 25.0 Å². The van der Waals surface area contributed by atoms with Gasteiger partial charge in [0, 0.05) is 12.1 Å². The van der Waals surface area contributed by atoms with Gasteiger partial charge in [-0.05, 0) is 45.7 Å². The van der Waals surface area contributed by atoms with E-state index in [2.05, 4.69) is 20.6 Å². The molecular weight excluding hydrogens is 328 g/mol. The maximum atomic E-state index is 12.5. The second-order valence-corrected chi connectivity index (χ2v) is 6.93. The van der Waals surface area contributed by atoms with Gasteiger partial charge in [-0.2, -0.15) is 0 Å². The molecule has 1 fully saturated rings. The van der Waals surface area contributed by atoms with Crippen LogP contribution in [0, 0.1) is 6.92 Å². The number of carbonyl (C=O) groups is 1. The highest BCUT2D eigenvalue weighted by Gasteiger charge is 2.19. The minimum absolute atomic E-state index is 0.0674. The number of amides is 1. The maximum Gasteiger partial charge on any atom is 0.270 e. The Bertz CT molecular complexity index is 770. The number of nitrogens with one attached hydrogen (secondary N) is 2. The van der Waals surface area contributed by atoms with Crippen molar-refractivity contribution in [1.82, 2.24) is 15.3 Å². The zero-order valence-electron chi connectivity index (χ0n) is 15.6. The van der Waals surface area contributed by atoms with Crippen molar-refractivity contribution in [1.29, 1.82) is 0 Å². The van der Waals surface area contributed by atoms with E-state index >= 15 is 0 Å². The third kappa shape index (κ3) is 4.71. The van der Waals surface area contributed by atoms with Crippen LogP contribution in [0.4, 0.5) is 11.5 Å². The number of anilines is 2. The number of ether oxygens (including phenoxy) is 1. The summed E-state index contributed by atoms with van der Waals surface area (Å²) in [5.74, 6) is 1.73. The number of para-hydroxylation sites is 2. The summed E-state index contributed by atoms with van der Waals surface area (Å²) < 4.78 is 5.83. The van der Waals surface area contributed by atoms with E-state index in [1.54, 1.807) is 13.0 Å². The molecule has 0 spiro atoms. The molecule has 0 aliphatic heterocycles. The van der Waals surface area contributed by atoms with E-state index in [0.29, 0.717) is 17.3 Å². The fraction of sp³-hybridized carbons (Fsp3) is 0.450. The Morgan fingerprint density at radius 2 is 1.92 bits per heavy atom. The highest BCUT2D eigenvalue weighted by molar-refractivity contribution is 5.93. The predicted octanol–water partition coefficient (Wildman–Crippen LogP) is 3.99. The molecule has 1 heterocycles. The summed E-state index contributed by atoms with van der Waals surface area (Å²) in [7, 11) is 0. The Hall–Kier alpha value is -2.63. The fourth-order valence-electron chi connectivity index (χ4n) is 3.14. The Morgan fingerprint density at radius 3 is 2.65 bits per heavy atom. The van der Waals surface area contributed by atoms with Gasteiger partial charge in [0.25, 0.3) is 5.91 Å². The van der Waals surface area contributed by atoms with E-state index in [9.17, 15) is 4.79 Å². The van der Waals surface area contributed by atoms with Crippen molar-refractivity contribution < 1.29 is 9.53 Å². The Balaban J connectivity index is 1.78. The van der Waals surface area contributed by atoms with Crippen molar-refractivity contribution in [2.75, 3.05) is 5.32 Å². The van der Waals surface area contributed by atoms with Gasteiger partial charge < -0.3 is 15.4 Å². The third-order valence-corrected chi connectivity index (χ3v) is 4.27. The van der Waals surface area contributed by atoms with Gasteiger partial charge >= 0.3 is 0 Å². The van der Waals surface area contributed by atoms with Gasteiger partial charge in [0.15, 0.2) is 0 Å². The molecule has 1 aromatic carbocycles. The van der Waals surface area contributed by atoms with Gasteiger partial charge in [0.05, 0.1) is 11.8 Å². The highest BCUT2D eigenvalue weighted by Crippen LogP contribution is 2.28. The molecule has 1 amide bonds. The van der Waals surface area contributed by atoms with Crippen LogP contribution in [0.3, 0.4) is 0 Å². The van der Waals surface area contributed by atoms with Gasteiger partial charge in [-0.15, -0.1) is 0 Å².